The third-order valence-corrected chi connectivity index (χ3v) is 4.35. The Morgan fingerprint density at radius 2 is 1.11 bits per heavy atom. The van der Waals surface area contributed by atoms with E-state index in [-0.39, 0.29) is 0 Å². The highest BCUT2D eigenvalue weighted by Crippen LogP contribution is 2.39. The Hall–Kier alpha value is -1.26. The van der Waals surface area contributed by atoms with Crippen molar-refractivity contribution in [2.75, 3.05) is 0 Å². The summed E-state index contributed by atoms with van der Waals surface area (Å²) in [6.07, 6.45) is 3.42. The summed E-state index contributed by atoms with van der Waals surface area (Å²) in [4.78, 5) is 0. The zero-order valence-corrected chi connectivity index (χ0v) is 12.2. The van der Waals surface area contributed by atoms with Crippen molar-refractivity contribution in [2.24, 2.45) is 0 Å². The summed E-state index contributed by atoms with van der Waals surface area (Å²) in [6, 6.07) is 8.12. The number of halogens is 2. The third-order valence-electron chi connectivity index (χ3n) is 3.18. The molecule has 2 aromatic carbocycles. The second-order valence-corrected chi connectivity index (χ2v) is 5.85. The van der Waals surface area contributed by atoms with Gasteiger partial charge in [-0.1, -0.05) is 0 Å². The van der Waals surface area contributed by atoms with Gasteiger partial charge in [-0.05, 0) is 66.9 Å². The monoisotopic (exact) mass is 364 g/mol. The molecule has 2 heterocycles. The van der Waals surface area contributed by atoms with Gasteiger partial charge in [0, 0.05) is 10.8 Å². The summed E-state index contributed by atoms with van der Waals surface area (Å²) in [5, 5.41) is 4.51. The lowest BCUT2D eigenvalue weighted by Crippen LogP contribution is -1.78. The van der Waals surface area contributed by atoms with Crippen LogP contribution in [0.15, 0.2) is 54.6 Å². The number of hydrogen-bond donors (Lipinski definition) is 0. The Labute approximate surface area is 119 Å². The molecule has 0 atom stereocenters. The SMILES string of the molecule is Brc1cc2c3ccoc3c(Br)cc2c2ccoc12. The Bertz CT molecular complexity index is 826. The second-order valence-electron chi connectivity index (χ2n) is 4.14. The maximum absolute atomic E-state index is 5.50. The number of benzene rings is 2. The van der Waals surface area contributed by atoms with Crippen molar-refractivity contribution in [2.45, 2.75) is 0 Å². The van der Waals surface area contributed by atoms with Crippen molar-refractivity contribution in [1.82, 2.24) is 0 Å². The van der Waals surface area contributed by atoms with Crippen molar-refractivity contribution in [3.8, 4) is 0 Å². The highest BCUT2D eigenvalue weighted by Gasteiger charge is 2.13. The zero-order valence-electron chi connectivity index (χ0n) is 9.04. The predicted octanol–water partition coefficient (Wildman–Crippen LogP) is 5.86. The average Bonchev–Trinajstić information content (AvgIpc) is 2.98. The van der Waals surface area contributed by atoms with Gasteiger partial charge in [0.15, 0.2) is 0 Å². The average molecular weight is 366 g/mol. The first-order valence-electron chi connectivity index (χ1n) is 5.41. The normalized spacial score (nSPS) is 11.9. The summed E-state index contributed by atoms with van der Waals surface area (Å²) in [5.74, 6) is 0. The molecule has 2 aromatic heterocycles. The zero-order chi connectivity index (χ0) is 12.3. The van der Waals surface area contributed by atoms with Gasteiger partial charge in [-0.2, -0.15) is 0 Å². The molecule has 0 spiro atoms. The van der Waals surface area contributed by atoms with Gasteiger partial charge in [0.1, 0.15) is 11.2 Å². The van der Waals surface area contributed by atoms with Gasteiger partial charge in [-0.3, -0.25) is 0 Å². The number of hydrogen-bond acceptors (Lipinski definition) is 2. The van der Waals surface area contributed by atoms with Crippen LogP contribution in [0.25, 0.3) is 32.7 Å². The van der Waals surface area contributed by atoms with Crippen LogP contribution in [-0.2, 0) is 0 Å². The van der Waals surface area contributed by atoms with Crippen molar-refractivity contribution in [3.63, 3.8) is 0 Å². The van der Waals surface area contributed by atoms with Gasteiger partial charge in [0.25, 0.3) is 0 Å². The molecular formula is C14H6Br2O2. The van der Waals surface area contributed by atoms with Crippen molar-refractivity contribution in [3.05, 3.63) is 45.7 Å². The molecule has 0 radical (unpaired) electrons. The third kappa shape index (κ3) is 1.27. The fourth-order valence-electron chi connectivity index (χ4n) is 2.40. The maximum Gasteiger partial charge on any atom is 0.148 e. The van der Waals surface area contributed by atoms with E-state index < -0.39 is 0 Å². The lowest BCUT2D eigenvalue weighted by atomic mass is 10.0. The van der Waals surface area contributed by atoms with E-state index in [4.69, 9.17) is 8.83 Å². The van der Waals surface area contributed by atoms with Crippen LogP contribution in [0.5, 0.6) is 0 Å². The van der Waals surface area contributed by atoms with E-state index in [1.807, 2.05) is 12.1 Å². The van der Waals surface area contributed by atoms with Gasteiger partial charge < -0.3 is 8.83 Å². The second kappa shape index (κ2) is 3.62. The first-order chi connectivity index (χ1) is 8.75. The van der Waals surface area contributed by atoms with Crippen LogP contribution in [0.1, 0.15) is 0 Å². The van der Waals surface area contributed by atoms with Crippen LogP contribution in [-0.4, -0.2) is 0 Å². The van der Waals surface area contributed by atoms with E-state index in [0.717, 1.165) is 41.7 Å². The van der Waals surface area contributed by atoms with E-state index in [9.17, 15) is 0 Å². The Balaban J connectivity index is 2.40. The fourth-order valence-corrected chi connectivity index (χ4v) is 3.47. The minimum atomic E-state index is 0.872. The molecule has 18 heavy (non-hydrogen) atoms. The van der Waals surface area contributed by atoms with Crippen LogP contribution >= 0.6 is 31.9 Å². The molecule has 0 saturated heterocycles. The van der Waals surface area contributed by atoms with E-state index >= 15 is 0 Å². The lowest BCUT2D eigenvalue weighted by Gasteiger charge is -2.04. The first-order valence-corrected chi connectivity index (χ1v) is 6.99. The molecule has 0 unspecified atom stereocenters. The molecule has 0 N–H and O–H groups in total. The molecule has 4 heteroatoms. The van der Waals surface area contributed by atoms with Crippen molar-refractivity contribution >= 4 is 64.6 Å². The summed E-state index contributed by atoms with van der Waals surface area (Å²) in [6.45, 7) is 0. The molecule has 88 valence electrons. The fraction of sp³-hybridized carbons (Fsp3) is 0. The molecule has 4 aromatic rings. The number of fused-ring (bicyclic) bond motifs is 5. The van der Waals surface area contributed by atoms with Crippen LogP contribution in [0.3, 0.4) is 0 Å². The standard InChI is InChI=1S/C14H6Br2O2/c15-11-6-10-8-2-4-18-14(8)12(16)5-9(10)7-1-3-17-13(7)11/h1-6H. The van der Waals surface area contributed by atoms with Crippen molar-refractivity contribution < 1.29 is 8.83 Å². The van der Waals surface area contributed by atoms with Gasteiger partial charge in [0.05, 0.1) is 21.5 Å². The minimum Gasteiger partial charge on any atom is -0.463 e. The molecule has 0 fully saturated rings. The molecule has 0 bridgehead atoms. The molecule has 0 aliphatic rings. The quantitative estimate of drug-likeness (QED) is 0.390. The van der Waals surface area contributed by atoms with Crippen LogP contribution in [0.2, 0.25) is 0 Å². The van der Waals surface area contributed by atoms with Gasteiger partial charge >= 0.3 is 0 Å². The van der Waals surface area contributed by atoms with Crippen LogP contribution in [0.4, 0.5) is 0 Å². The van der Waals surface area contributed by atoms with Crippen LogP contribution < -0.4 is 0 Å². The highest BCUT2D eigenvalue weighted by molar-refractivity contribution is 9.11. The van der Waals surface area contributed by atoms with Crippen LogP contribution in [0, 0.1) is 0 Å². The maximum atomic E-state index is 5.50. The molecular weight excluding hydrogens is 360 g/mol. The molecule has 2 nitrogen and oxygen atoms in total. The molecule has 0 saturated carbocycles. The summed E-state index contributed by atoms with van der Waals surface area (Å²) in [7, 11) is 0. The highest BCUT2D eigenvalue weighted by atomic mass is 79.9. The minimum absolute atomic E-state index is 0.872. The molecule has 4 rings (SSSR count). The number of furan rings is 2. The largest absolute Gasteiger partial charge is 0.463 e. The summed E-state index contributed by atoms with van der Waals surface area (Å²) in [5.41, 5.74) is 1.74. The topological polar surface area (TPSA) is 26.3 Å². The Morgan fingerprint density at radius 1 is 0.667 bits per heavy atom. The van der Waals surface area contributed by atoms with E-state index in [1.54, 1.807) is 12.5 Å². The number of rotatable bonds is 0. The molecule has 0 aliphatic carbocycles. The lowest BCUT2D eigenvalue weighted by molar-refractivity contribution is 0.613. The predicted molar refractivity (Wildman–Crippen MR) is 78.9 cm³/mol. The van der Waals surface area contributed by atoms with Crippen molar-refractivity contribution in [1.29, 1.82) is 0 Å². The molecule has 0 aliphatic heterocycles. The molecule has 0 amide bonds. The smallest absolute Gasteiger partial charge is 0.148 e. The van der Waals surface area contributed by atoms with E-state index in [2.05, 4.69) is 44.0 Å². The van der Waals surface area contributed by atoms with E-state index in [0.29, 0.717) is 0 Å². The van der Waals surface area contributed by atoms with E-state index in [1.165, 1.54) is 0 Å². The van der Waals surface area contributed by atoms with Gasteiger partial charge in [0.2, 0.25) is 0 Å². The Kier molecular flexibility index (Phi) is 2.14. The Morgan fingerprint density at radius 3 is 1.56 bits per heavy atom. The summed E-state index contributed by atoms with van der Waals surface area (Å²) >= 11 is 7.11. The summed E-state index contributed by atoms with van der Waals surface area (Å²) < 4.78 is 12.9. The first kappa shape index (κ1) is 10.6. The van der Waals surface area contributed by atoms with Gasteiger partial charge in [-0.25, -0.2) is 0 Å². The van der Waals surface area contributed by atoms with Gasteiger partial charge in [-0.15, -0.1) is 0 Å².